The molecule has 5 nitrogen and oxygen atoms in total. The van der Waals surface area contributed by atoms with Gasteiger partial charge in [0.15, 0.2) is 11.5 Å². The number of nitrogens with one attached hydrogen (secondary N) is 1. The molecule has 0 saturated carbocycles. The Morgan fingerprint density at radius 2 is 1.96 bits per heavy atom. The fourth-order valence-corrected chi connectivity index (χ4v) is 2.58. The van der Waals surface area contributed by atoms with Crippen LogP contribution in [0.25, 0.3) is 6.08 Å². The lowest BCUT2D eigenvalue weighted by molar-refractivity contribution is -0.112. The molecule has 0 saturated heterocycles. The van der Waals surface area contributed by atoms with E-state index in [1.165, 1.54) is 11.6 Å². The number of rotatable bonds is 4. The zero-order valence-electron chi connectivity index (χ0n) is 13.5. The van der Waals surface area contributed by atoms with Gasteiger partial charge in [-0.15, -0.1) is 0 Å². The number of benzene rings is 2. The number of hydrogen-bond donors (Lipinski definition) is 1. The third kappa shape index (κ3) is 3.76. The molecule has 6 heteroatoms. The lowest BCUT2D eigenvalue weighted by Crippen LogP contribution is -2.13. The highest BCUT2D eigenvalue weighted by Crippen LogP contribution is 2.37. The fourth-order valence-electron chi connectivity index (χ4n) is 2.37. The second-order valence-electron chi connectivity index (χ2n) is 5.40. The van der Waals surface area contributed by atoms with Crippen LogP contribution in [0.15, 0.2) is 42.0 Å². The molecule has 0 aliphatic carbocycles. The van der Waals surface area contributed by atoms with Crippen LogP contribution in [0.1, 0.15) is 18.1 Å². The normalized spacial score (nSPS) is 12.6. The Kier molecular flexibility index (Phi) is 4.92. The summed E-state index contributed by atoms with van der Waals surface area (Å²) in [7, 11) is 0. The van der Waals surface area contributed by atoms with Gasteiger partial charge in [-0.2, -0.15) is 5.26 Å². The number of ether oxygens (including phenoxy) is 2. The number of hydrogen-bond acceptors (Lipinski definition) is 4. The van der Waals surface area contributed by atoms with Crippen LogP contribution in [-0.4, -0.2) is 12.7 Å². The highest BCUT2D eigenvalue weighted by atomic mass is 35.5. The van der Waals surface area contributed by atoms with Crippen molar-refractivity contribution in [2.75, 3.05) is 12.1 Å². The van der Waals surface area contributed by atoms with Crippen LogP contribution in [0.5, 0.6) is 11.5 Å². The summed E-state index contributed by atoms with van der Waals surface area (Å²) in [4.78, 5) is 12.3. The minimum atomic E-state index is -0.500. The summed E-state index contributed by atoms with van der Waals surface area (Å²) in [6, 6.07) is 12.6. The van der Waals surface area contributed by atoms with Gasteiger partial charge in [0.1, 0.15) is 11.6 Å². The second kappa shape index (κ2) is 7.29. The molecule has 1 amide bonds. The van der Waals surface area contributed by atoms with E-state index in [0.29, 0.717) is 27.8 Å². The number of aryl methyl sites for hydroxylation is 1. The minimum absolute atomic E-state index is 0.0552. The number of carbonyl (C=O) groups is 1. The van der Waals surface area contributed by atoms with E-state index in [9.17, 15) is 10.1 Å². The first-order valence-corrected chi connectivity index (χ1v) is 8.09. The smallest absolute Gasteiger partial charge is 0.266 e. The summed E-state index contributed by atoms with van der Waals surface area (Å²) in [6.45, 7) is 2.18. The molecule has 126 valence electrons. The average Bonchev–Trinajstić information content (AvgIpc) is 3.07. The molecule has 0 fully saturated rings. The van der Waals surface area contributed by atoms with Gasteiger partial charge >= 0.3 is 0 Å². The summed E-state index contributed by atoms with van der Waals surface area (Å²) in [5, 5.41) is 12.4. The Labute approximate surface area is 150 Å². The van der Waals surface area contributed by atoms with Crippen LogP contribution in [-0.2, 0) is 11.2 Å². The van der Waals surface area contributed by atoms with Crippen LogP contribution in [0.2, 0.25) is 5.02 Å². The van der Waals surface area contributed by atoms with Crippen molar-refractivity contribution in [3.05, 3.63) is 58.1 Å². The summed E-state index contributed by atoms with van der Waals surface area (Å²) in [5.74, 6) is 0.574. The van der Waals surface area contributed by atoms with Crippen molar-refractivity contribution >= 4 is 29.3 Å². The highest BCUT2D eigenvalue weighted by molar-refractivity contribution is 6.32. The summed E-state index contributed by atoms with van der Waals surface area (Å²) < 4.78 is 10.5. The van der Waals surface area contributed by atoms with Gasteiger partial charge in [-0.25, -0.2) is 0 Å². The number of nitrogens with zero attached hydrogens (tertiary/aromatic N) is 1. The van der Waals surface area contributed by atoms with E-state index in [0.717, 1.165) is 6.42 Å². The molecule has 0 spiro atoms. The molecule has 0 radical (unpaired) electrons. The third-order valence-electron chi connectivity index (χ3n) is 3.78. The van der Waals surface area contributed by atoms with E-state index in [1.54, 1.807) is 24.3 Å². The SMILES string of the molecule is CCc1ccc(NC(=O)/C(C#N)=C/c2cc3c(cc2Cl)OCO3)cc1. The van der Waals surface area contributed by atoms with Crippen LogP contribution >= 0.6 is 11.6 Å². The van der Waals surface area contributed by atoms with Gasteiger partial charge in [-0.05, 0) is 41.8 Å². The Morgan fingerprint density at radius 1 is 1.28 bits per heavy atom. The van der Waals surface area contributed by atoms with Gasteiger partial charge in [0.05, 0.1) is 5.02 Å². The molecule has 25 heavy (non-hydrogen) atoms. The van der Waals surface area contributed by atoms with E-state index in [2.05, 4.69) is 12.2 Å². The molecule has 0 bridgehead atoms. The molecule has 0 aromatic heterocycles. The molecule has 1 aliphatic rings. The van der Waals surface area contributed by atoms with Gasteiger partial charge < -0.3 is 14.8 Å². The second-order valence-corrected chi connectivity index (χ2v) is 5.81. The van der Waals surface area contributed by atoms with Crippen molar-refractivity contribution in [3.63, 3.8) is 0 Å². The monoisotopic (exact) mass is 354 g/mol. The number of anilines is 1. The van der Waals surface area contributed by atoms with Gasteiger partial charge in [0, 0.05) is 11.8 Å². The summed E-state index contributed by atoms with van der Waals surface area (Å²) in [5.41, 5.74) is 2.25. The maximum atomic E-state index is 12.3. The van der Waals surface area contributed by atoms with Crippen molar-refractivity contribution in [1.29, 1.82) is 5.26 Å². The molecule has 2 aromatic carbocycles. The lowest BCUT2D eigenvalue weighted by Gasteiger charge is -2.06. The molecule has 0 unspecified atom stereocenters. The van der Waals surface area contributed by atoms with E-state index >= 15 is 0 Å². The first-order valence-electron chi connectivity index (χ1n) is 7.72. The minimum Gasteiger partial charge on any atom is -0.454 e. The number of halogens is 1. The fraction of sp³-hybridized carbons (Fsp3) is 0.158. The number of amides is 1. The van der Waals surface area contributed by atoms with Crippen molar-refractivity contribution in [2.45, 2.75) is 13.3 Å². The highest BCUT2D eigenvalue weighted by Gasteiger charge is 2.17. The first-order chi connectivity index (χ1) is 12.1. The van der Waals surface area contributed by atoms with Gasteiger partial charge in [-0.3, -0.25) is 4.79 Å². The molecular formula is C19H15ClN2O3. The molecule has 2 aromatic rings. The quantitative estimate of drug-likeness (QED) is 0.660. The zero-order chi connectivity index (χ0) is 17.8. The predicted octanol–water partition coefficient (Wildman–Crippen LogP) is 4.18. The van der Waals surface area contributed by atoms with Gasteiger partial charge in [-0.1, -0.05) is 30.7 Å². The zero-order valence-corrected chi connectivity index (χ0v) is 14.3. The van der Waals surface area contributed by atoms with Crippen molar-refractivity contribution in [3.8, 4) is 17.6 Å². The maximum Gasteiger partial charge on any atom is 0.266 e. The predicted molar refractivity (Wildman–Crippen MR) is 95.6 cm³/mol. The Bertz CT molecular complexity index is 883. The molecular weight excluding hydrogens is 340 g/mol. The number of nitriles is 1. The maximum absolute atomic E-state index is 12.3. The van der Waals surface area contributed by atoms with Crippen molar-refractivity contribution in [2.24, 2.45) is 0 Å². The number of fused-ring (bicyclic) bond motifs is 1. The van der Waals surface area contributed by atoms with E-state index in [-0.39, 0.29) is 12.4 Å². The Hall–Kier alpha value is -2.97. The molecule has 1 heterocycles. The topological polar surface area (TPSA) is 71.4 Å². The lowest BCUT2D eigenvalue weighted by atomic mass is 10.1. The number of carbonyl (C=O) groups excluding carboxylic acids is 1. The molecule has 1 aliphatic heterocycles. The Morgan fingerprint density at radius 3 is 2.60 bits per heavy atom. The van der Waals surface area contributed by atoms with E-state index in [4.69, 9.17) is 21.1 Å². The van der Waals surface area contributed by atoms with Crippen LogP contribution in [0.4, 0.5) is 5.69 Å². The van der Waals surface area contributed by atoms with Crippen LogP contribution in [0.3, 0.4) is 0 Å². The van der Waals surface area contributed by atoms with Crippen molar-refractivity contribution < 1.29 is 14.3 Å². The van der Waals surface area contributed by atoms with Crippen LogP contribution in [0, 0.1) is 11.3 Å². The third-order valence-corrected chi connectivity index (χ3v) is 4.10. The standard InChI is InChI=1S/C19H15ClN2O3/c1-2-12-3-5-15(6-4-12)22-19(23)14(10-21)7-13-8-17-18(9-16(13)20)25-11-24-17/h3-9H,2,11H2,1H3,(H,22,23)/b14-7+. The molecule has 0 atom stereocenters. The summed E-state index contributed by atoms with van der Waals surface area (Å²) >= 11 is 6.19. The van der Waals surface area contributed by atoms with Crippen molar-refractivity contribution in [1.82, 2.24) is 0 Å². The van der Waals surface area contributed by atoms with Gasteiger partial charge in [0.2, 0.25) is 6.79 Å². The summed E-state index contributed by atoms with van der Waals surface area (Å²) in [6.07, 6.45) is 2.35. The van der Waals surface area contributed by atoms with Gasteiger partial charge in [0.25, 0.3) is 5.91 Å². The largest absolute Gasteiger partial charge is 0.454 e. The molecule has 1 N–H and O–H groups in total. The first kappa shape index (κ1) is 16.9. The van der Waals surface area contributed by atoms with E-state index < -0.39 is 5.91 Å². The van der Waals surface area contributed by atoms with Crippen LogP contribution < -0.4 is 14.8 Å². The average molecular weight is 355 g/mol. The Balaban J connectivity index is 1.82. The molecule has 3 rings (SSSR count). The van der Waals surface area contributed by atoms with E-state index in [1.807, 2.05) is 18.2 Å².